The quantitative estimate of drug-likeness (QED) is 0.831. The molecule has 1 aliphatic rings. The van der Waals surface area contributed by atoms with Crippen molar-refractivity contribution >= 4 is 11.3 Å². The zero-order valence-corrected chi connectivity index (χ0v) is 9.38. The van der Waals surface area contributed by atoms with E-state index in [9.17, 15) is 5.11 Å². The zero-order valence-electron chi connectivity index (χ0n) is 8.56. The predicted octanol–water partition coefficient (Wildman–Crippen LogP) is 2.51. The van der Waals surface area contributed by atoms with Crippen LogP contribution in [0.2, 0.25) is 0 Å². The Hall–Kier alpha value is -0.380. The molecule has 1 fully saturated rings. The highest BCUT2D eigenvalue weighted by Crippen LogP contribution is 2.41. The van der Waals surface area contributed by atoms with Crippen molar-refractivity contribution < 1.29 is 9.84 Å². The van der Waals surface area contributed by atoms with Crippen LogP contribution in [0.5, 0.6) is 0 Å². The maximum atomic E-state index is 10.1. The normalized spacial score (nSPS) is 20.8. The van der Waals surface area contributed by atoms with E-state index >= 15 is 0 Å². The van der Waals surface area contributed by atoms with Crippen LogP contribution in [-0.2, 0) is 4.74 Å². The van der Waals surface area contributed by atoms with Crippen LogP contribution in [0, 0.1) is 12.8 Å². The molecule has 1 heterocycles. The molecule has 2 atom stereocenters. The number of aryl methyl sites for hydroxylation is 1. The lowest BCUT2D eigenvalue weighted by atomic mass is 10.1. The third kappa shape index (κ3) is 1.85. The van der Waals surface area contributed by atoms with Crippen LogP contribution in [0.1, 0.15) is 29.4 Å². The van der Waals surface area contributed by atoms with Crippen molar-refractivity contribution in [2.75, 3.05) is 7.11 Å². The topological polar surface area (TPSA) is 29.5 Å². The molecule has 1 aromatic rings. The van der Waals surface area contributed by atoms with Gasteiger partial charge in [0.1, 0.15) is 6.10 Å². The fourth-order valence-corrected chi connectivity index (χ4v) is 2.79. The lowest BCUT2D eigenvalue weighted by Gasteiger charge is -2.20. The van der Waals surface area contributed by atoms with E-state index in [4.69, 9.17) is 4.74 Å². The van der Waals surface area contributed by atoms with E-state index in [1.54, 1.807) is 18.4 Å². The van der Waals surface area contributed by atoms with E-state index < -0.39 is 6.10 Å². The first-order valence-corrected chi connectivity index (χ1v) is 5.87. The van der Waals surface area contributed by atoms with Gasteiger partial charge in [0.2, 0.25) is 0 Å². The van der Waals surface area contributed by atoms with Crippen molar-refractivity contribution in [3.8, 4) is 0 Å². The van der Waals surface area contributed by atoms with Gasteiger partial charge in [0, 0.05) is 12.0 Å². The van der Waals surface area contributed by atoms with Crippen molar-refractivity contribution in [3.63, 3.8) is 0 Å². The number of rotatable bonds is 4. The van der Waals surface area contributed by atoms with Crippen molar-refractivity contribution in [2.45, 2.75) is 32.0 Å². The molecule has 2 nitrogen and oxygen atoms in total. The third-order valence-electron chi connectivity index (χ3n) is 2.84. The summed E-state index contributed by atoms with van der Waals surface area (Å²) in [6, 6.07) is 2.04. The van der Waals surface area contributed by atoms with Crippen LogP contribution in [0.3, 0.4) is 0 Å². The Kier molecular flexibility index (Phi) is 2.91. The molecule has 0 aliphatic heterocycles. The molecule has 0 amide bonds. The number of ether oxygens (including phenoxy) is 1. The van der Waals surface area contributed by atoms with Crippen molar-refractivity contribution in [2.24, 2.45) is 5.92 Å². The van der Waals surface area contributed by atoms with Gasteiger partial charge in [-0.05, 0) is 42.7 Å². The molecule has 14 heavy (non-hydrogen) atoms. The maximum absolute atomic E-state index is 10.1. The summed E-state index contributed by atoms with van der Waals surface area (Å²) < 4.78 is 5.37. The molecule has 0 saturated heterocycles. The average molecular weight is 212 g/mol. The first kappa shape index (κ1) is 10.1. The molecule has 0 spiro atoms. The minimum atomic E-state index is -0.438. The molecule has 1 N–H and O–H groups in total. The molecule has 3 heteroatoms. The Bertz CT molecular complexity index is 304. The number of aliphatic hydroxyl groups excluding tert-OH is 1. The van der Waals surface area contributed by atoms with E-state index in [2.05, 4.69) is 0 Å². The molecule has 2 rings (SSSR count). The van der Waals surface area contributed by atoms with E-state index in [1.807, 2.05) is 18.4 Å². The molecule has 2 unspecified atom stereocenters. The Morgan fingerprint density at radius 1 is 1.57 bits per heavy atom. The molecule has 1 saturated carbocycles. The second-order valence-electron chi connectivity index (χ2n) is 3.95. The fourth-order valence-electron chi connectivity index (χ4n) is 1.84. The summed E-state index contributed by atoms with van der Waals surface area (Å²) in [4.78, 5) is 1.06. The van der Waals surface area contributed by atoms with Crippen LogP contribution < -0.4 is 0 Å². The Labute approximate surface area is 88.5 Å². The van der Waals surface area contributed by atoms with Gasteiger partial charge in [-0.2, -0.15) is 0 Å². The molecular formula is C11H16O2S. The number of hydrogen-bond donors (Lipinski definition) is 1. The molecule has 1 aromatic heterocycles. The highest BCUT2D eigenvalue weighted by Gasteiger charge is 2.37. The first-order chi connectivity index (χ1) is 6.74. The lowest BCUT2D eigenvalue weighted by molar-refractivity contribution is -0.0244. The summed E-state index contributed by atoms with van der Waals surface area (Å²) in [6.45, 7) is 2.04. The number of methoxy groups -OCH3 is 1. The highest BCUT2D eigenvalue weighted by molar-refractivity contribution is 7.10. The second kappa shape index (κ2) is 4.01. The van der Waals surface area contributed by atoms with Crippen molar-refractivity contribution in [3.05, 3.63) is 21.9 Å². The van der Waals surface area contributed by atoms with E-state index in [0.29, 0.717) is 5.92 Å². The summed E-state index contributed by atoms with van der Waals surface area (Å²) in [5.74, 6) is 0.566. The smallest absolute Gasteiger partial charge is 0.115 e. The summed E-state index contributed by atoms with van der Waals surface area (Å²) >= 11 is 1.62. The Morgan fingerprint density at radius 3 is 2.71 bits per heavy atom. The number of hydrogen-bond acceptors (Lipinski definition) is 3. The summed E-state index contributed by atoms with van der Waals surface area (Å²) in [7, 11) is 1.69. The molecule has 1 aliphatic carbocycles. The largest absolute Gasteiger partial charge is 0.385 e. The summed E-state index contributed by atoms with van der Waals surface area (Å²) in [5, 5.41) is 12.2. The summed E-state index contributed by atoms with van der Waals surface area (Å²) in [5.41, 5.74) is 1.17. The number of thiophene rings is 1. The minimum Gasteiger partial charge on any atom is -0.385 e. The van der Waals surface area contributed by atoms with Gasteiger partial charge in [-0.25, -0.2) is 0 Å². The van der Waals surface area contributed by atoms with Gasteiger partial charge in [0.05, 0.1) is 6.10 Å². The summed E-state index contributed by atoms with van der Waals surface area (Å²) in [6.07, 6.45) is 1.94. The Balaban J connectivity index is 2.13. The zero-order chi connectivity index (χ0) is 10.1. The van der Waals surface area contributed by atoms with Gasteiger partial charge in [-0.3, -0.25) is 0 Å². The fraction of sp³-hybridized carbons (Fsp3) is 0.636. The molecule has 78 valence electrons. The van der Waals surface area contributed by atoms with Gasteiger partial charge in [-0.15, -0.1) is 11.3 Å². The van der Waals surface area contributed by atoms with Gasteiger partial charge in [-0.1, -0.05) is 0 Å². The molecule has 0 radical (unpaired) electrons. The molecule has 0 aromatic carbocycles. The monoisotopic (exact) mass is 212 g/mol. The van der Waals surface area contributed by atoms with E-state index in [0.717, 1.165) is 4.88 Å². The third-order valence-corrected chi connectivity index (χ3v) is 3.93. The first-order valence-electron chi connectivity index (χ1n) is 4.99. The van der Waals surface area contributed by atoms with Crippen LogP contribution in [0.25, 0.3) is 0 Å². The van der Waals surface area contributed by atoms with Crippen LogP contribution in [0.4, 0.5) is 0 Å². The van der Waals surface area contributed by atoms with Crippen molar-refractivity contribution in [1.82, 2.24) is 0 Å². The predicted molar refractivity (Wildman–Crippen MR) is 57.5 cm³/mol. The van der Waals surface area contributed by atoms with E-state index in [1.165, 1.54) is 18.4 Å². The SMILES string of the molecule is COC(C1CC1)C(O)c1sccc1C. The second-order valence-corrected chi connectivity index (χ2v) is 4.90. The van der Waals surface area contributed by atoms with Gasteiger partial charge >= 0.3 is 0 Å². The highest BCUT2D eigenvalue weighted by atomic mass is 32.1. The maximum Gasteiger partial charge on any atom is 0.115 e. The standard InChI is InChI=1S/C11H16O2S/c1-7-5-6-14-11(7)9(12)10(13-2)8-3-4-8/h5-6,8-10,12H,3-4H2,1-2H3. The lowest BCUT2D eigenvalue weighted by Crippen LogP contribution is -2.22. The average Bonchev–Trinajstić information content (AvgIpc) is 2.90. The van der Waals surface area contributed by atoms with Crippen LogP contribution in [-0.4, -0.2) is 18.3 Å². The molecule has 0 bridgehead atoms. The van der Waals surface area contributed by atoms with Gasteiger partial charge in [0.15, 0.2) is 0 Å². The minimum absolute atomic E-state index is 0.00708. The van der Waals surface area contributed by atoms with E-state index in [-0.39, 0.29) is 6.10 Å². The number of aliphatic hydroxyl groups is 1. The van der Waals surface area contributed by atoms with Gasteiger partial charge in [0.25, 0.3) is 0 Å². The van der Waals surface area contributed by atoms with Crippen molar-refractivity contribution in [1.29, 1.82) is 0 Å². The molecular weight excluding hydrogens is 196 g/mol. The Morgan fingerprint density at radius 2 is 2.29 bits per heavy atom. The van der Waals surface area contributed by atoms with Crippen LogP contribution >= 0.6 is 11.3 Å². The van der Waals surface area contributed by atoms with Crippen LogP contribution in [0.15, 0.2) is 11.4 Å². The van der Waals surface area contributed by atoms with Gasteiger partial charge < -0.3 is 9.84 Å².